The lowest BCUT2D eigenvalue weighted by Crippen LogP contribution is -2.20. The third-order valence-corrected chi connectivity index (χ3v) is 5.04. The van der Waals surface area contributed by atoms with Gasteiger partial charge in [-0.3, -0.25) is 9.59 Å². The summed E-state index contributed by atoms with van der Waals surface area (Å²) in [6.07, 6.45) is 0.674. The summed E-state index contributed by atoms with van der Waals surface area (Å²) in [5.74, 6) is 0.274. The standard InChI is InChI=1S/C23H22N2O3/c1-2-28-21-11-7-6-10-18(21)24-23(27)17-14-15-25-19(17)12-13-20(25)22(26)16-8-4-3-5-9-16/h3-13,17H,2,14-15H2,1H3,(H,24,27). The van der Waals surface area contributed by atoms with Gasteiger partial charge in [-0.25, -0.2) is 0 Å². The molecule has 1 N–H and O–H groups in total. The van der Waals surface area contributed by atoms with E-state index in [1.165, 1.54) is 0 Å². The normalized spacial score (nSPS) is 15.1. The van der Waals surface area contributed by atoms with Gasteiger partial charge in [0, 0.05) is 17.8 Å². The first kappa shape index (κ1) is 18.0. The maximum atomic E-state index is 12.9. The van der Waals surface area contributed by atoms with Gasteiger partial charge >= 0.3 is 0 Å². The van der Waals surface area contributed by atoms with Crippen molar-refractivity contribution >= 4 is 17.4 Å². The van der Waals surface area contributed by atoms with Gasteiger partial charge in [0.1, 0.15) is 5.75 Å². The Morgan fingerprint density at radius 1 is 1.04 bits per heavy atom. The molecule has 1 aliphatic heterocycles. The Morgan fingerprint density at radius 2 is 1.79 bits per heavy atom. The molecule has 0 aliphatic carbocycles. The molecule has 0 spiro atoms. The van der Waals surface area contributed by atoms with Crippen molar-refractivity contribution < 1.29 is 14.3 Å². The van der Waals surface area contributed by atoms with Gasteiger partial charge in [-0.2, -0.15) is 0 Å². The van der Waals surface area contributed by atoms with Crippen LogP contribution in [0.4, 0.5) is 5.69 Å². The number of carbonyl (C=O) groups is 2. The minimum atomic E-state index is -0.285. The van der Waals surface area contributed by atoms with Crippen molar-refractivity contribution in [3.63, 3.8) is 0 Å². The maximum absolute atomic E-state index is 12.9. The van der Waals surface area contributed by atoms with Crippen molar-refractivity contribution in [2.75, 3.05) is 11.9 Å². The predicted octanol–water partition coefficient (Wildman–Crippen LogP) is 4.24. The Balaban J connectivity index is 1.55. The van der Waals surface area contributed by atoms with Gasteiger partial charge in [0.05, 0.1) is 23.9 Å². The van der Waals surface area contributed by atoms with Gasteiger partial charge in [0.25, 0.3) is 0 Å². The number of aromatic nitrogens is 1. The highest BCUT2D eigenvalue weighted by Crippen LogP contribution is 2.33. The first-order valence-electron chi connectivity index (χ1n) is 9.51. The zero-order chi connectivity index (χ0) is 19.5. The second-order valence-corrected chi connectivity index (χ2v) is 6.75. The highest BCUT2D eigenvalue weighted by Gasteiger charge is 2.32. The van der Waals surface area contributed by atoms with E-state index in [2.05, 4.69) is 5.32 Å². The molecule has 1 aromatic heterocycles. The highest BCUT2D eigenvalue weighted by molar-refractivity contribution is 6.08. The van der Waals surface area contributed by atoms with E-state index in [0.29, 0.717) is 42.3 Å². The number of rotatable bonds is 6. The third-order valence-electron chi connectivity index (χ3n) is 5.04. The van der Waals surface area contributed by atoms with Crippen molar-refractivity contribution in [1.29, 1.82) is 0 Å². The molecule has 0 radical (unpaired) electrons. The minimum absolute atomic E-state index is 0.0189. The monoisotopic (exact) mass is 374 g/mol. The fraction of sp³-hybridized carbons (Fsp3) is 0.217. The molecule has 5 nitrogen and oxygen atoms in total. The SMILES string of the molecule is CCOc1ccccc1NC(=O)C1CCn2c(C(=O)c3ccccc3)ccc21. The van der Waals surface area contributed by atoms with Gasteiger partial charge in [0.2, 0.25) is 11.7 Å². The van der Waals surface area contributed by atoms with Gasteiger partial charge in [0.15, 0.2) is 0 Å². The number of hydrogen-bond donors (Lipinski definition) is 1. The van der Waals surface area contributed by atoms with Gasteiger partial charge in [-0.05, 0) is 37.6 Å². The lowest BCUT2D eigenvalue weighted by atomic mass is 10.0. The molecule has 0 bridgehead atoms. The molecule has 2 aromatic carbocycles. The predicted molar refractivity (Wildman–Crippen MR) is 108 cm³/mol. The molecular weight excluding hydrogens is 352 g/mol. The van der Waals surface area contributed by atoms with Crippen LogP contribution in [0.5, 0.6) is 5.75 Å². The van der Waals surface area contributed by atoms with Crippen LogP contribution in [0.1, 0.15) is 41.0 Å². The molecule has 0 saturated heterocycles. The van der Waals surface area contributed by atoms with Crippen LogP contribution < -0.4 is 10.1 Å². The van der Waals surface area contributed by atoms with Crippen LogP contribution in [0.15, 0.2) is 66.7 Å². The summed E-state index contributed by atoms with van der Waals surface area (Å²) in [6, 6.07) is 20.3. The van der Waals surface area contributed by atoms with Crippen LogP contribution in [0.25, 0.3) is 0 Å². The molecule has 142 valence electrons. The second kappa shape index (κ2) is 7.72. The van der Waals surface area contributed by atoms with E-state index in [4.69, 9.17) is 4.74 Å². The van der Waals surface area contributed by atoms with Crippen molar-refractivity contribution in [2.45, 2.75) is 25.8 Å². The zero-order valence-electron chi connectivity index (χ0n) is 15.7. The number of anilines is 1. The van der Waals surface area contributed by atoms with Crippen molar-refractivity contribution in [3.05, 3.63) is 83.7 Å². The average Bonchev–Trinajstić information content (AvgIpc) is 3.32. The van der Waals surface area contributed by atoms with E-state index in [1.807, 2.05) is 78.2 Å². The molecule has 1 unspecified atom stereocenters. The van der Waals surface area contributed by atoms with Crippen molar-refractivity contribution in [2.24, 2.45) is 0 Å². The summed E-state index contributed by atoms with van der Waals surface area (Å²) in [4.78, 5) is 25.7. The Bertz CT molecular complexity index is 1010. The van der Waals surface area contributed by atoms with Crippen molar-refractivity contribution in [3.8, 4) is 5.75 Å². The summed E-state index contributed by atoms with van der Waals surface area (Å²) < 4.78 is 7.56. The Hall–Kier alpha value is -3.34. The number of para-hydroxylation sites is 2. The number of amides is 1. The van der Waals surface area contributed by atoms with Crippen LogP contribution in [0, 0.1) is 0 Å². The van der Waals surface area contributed by atoms with Crippen LogP contribution >= 0.6 is 0 Å². The quantitative estimate of drug-likeness (QED) is 0.657. The summed E-state index contributed by atoms with van der Waals surface area (Å²) in [5, 5.41) is 2.99. The number of benzene rings is 2. The average molecular weight is 374 g/mol. The fourth-order valence-electron chi connectivity index (χ4n) is 3.72. The summed E-state index contributed by atoms with van der Waals surface area (Å²) in [6.45, 7) is 3.10. The number of hydrogen-bond acceptors (Lipinski definition) is 3. The number of ether oxygens (including phenoxy) is 1. The van der Waals surface area contributed by atoms with E-state index >= 15 is 0 Å². The molecule has 4 rings (SSSR count). The van der Waals surface area contributed by atoms with Crippen LogP contribution in [0.2, 0.25) is 0 Å². The molecule has 2 heterocycles. The van der Waals surface area contributed by atoms with E-state index in [9.17, 15) is 9.59 Å². The first-order valence-corrected chi connectivity index (χ1v) is 9.51. The molecule has 0 fully saturated rings. The van der Waals surface area contributed by atoms with Crippen LogP contribution in [-0.2, 0) is 11.3 Å². The minimum Gasteiger partial charge on any atom is -0.492 e. The van der Waals surface area contributed by atoms with E-state index in [1.54, 1.807) is 0 Å². The number of carbonyl (C=O) groups excluding carboxylic acids is 2. The highest BCUT2D eigenvalue weighted by atomic mass is 16.5. The Morgan fingerprint density at radius 3 is 2.57 bits per heavy atom. The summed E-state index contributed by atoms with van der Waals surface area (Å²) in [5.41, 5.74) is 2.83. The van der Waals surface area contributed by atoms with E-state index < -0.39 is 0 Å². The smallest absolute Gasteiger partial charge is 0.233 e. The lowest BCUT2D eigenvalue weighted by molar-refractivity contribution is -0.117. The molecule has 28 heavy (non-hydrogen) atoms. The topological polar surface area (TPSA) is 60.3 Å². The summed E-state index contributed by atoms with van der Waals surface area (Å²) >= 11 is 0. The summed E-state index contributed by atoms with van der Waals surface area (Å²) in [7, 11) is 0. The Labute approximate surface area is 163 Å². The Kier molecular flexibility index (Phi) is 4.98. The van der Waals surface area contributed by atoms with Crippen LogP contribution in [-0.4, -0.2) is 22.9 Å². The molecule has 1 amide bonds. The number of nitrogens with zero attached hydrogens (tertiary/aromatic N) is 1. The second-order valence-electron chi connectivity index (χ2n) is 6.75. The largest absolute Gasteiger partial charge is 0.492 e. The van der Waals surface area contributed by atoms with Gasteiger partial charge in [-0.15, -0.1) is 0 Å². The molecule has 1 atom stereocenters. The van der Waals surface area contributed by atoms with Crippen LogP contribution in [0.3, 0.4) is 0 Å². The van der Waals surface area contributed by atoms with Gasteiger partial charge < -0.3 is 14.6 Å². The third kappa shape index (κ3) is 3.31. The van der Waals surface area contributed by atoms with E-state index in [-0.39, 0.29) is 17.6 Å². The number of ketones is 1. The molecule has 3 aromatic rings. The first-order chi connectivity index (χ1) is 13.7. The fourth-order valence-corrected chi connectivity index (χ4v) is 3.72. The molecule has 1 aliphatic rings. The molecule has 5 heteroatoms. The maximum Gasteiger partial charge on any atom is 0.233 e. The van der Waals surface area contributed by atoms with E-state index in [0.717, 1.165) is 5.69 Å². The number of nitrogens with one attached hydrogen (secondary N) is 1. The molecular formula is C23H22N2O3. The van der Waals surface area contributed by atoms with Crippen molar-refractivity contribution in [1.82, 2.24) is 4.57 Å². The van der Waals surface area contributed by atoms with Gasteiger partial charge in [-0.1, -0.05) is 42.5 Å². The molecule has 0 saturated carbocycles. The zero-order valence-corrected chi connectivity index (χ0v) is 15.7. The lowest BCUT2D eigenvalue weighted by Gasteiger charge is -2.14. The number of fused-ring (bicyclic) bond motifs is 1.